The highest BCUT2D eigenvalue weighted by Crippen LogP contribution is 2.32. The SMILES string of the molecule is COc1cc2nc(C(C)CCN)[nH]c2cc1OC. The molecule has 2 rings (SSSR count). The van der Waals surface area contributed by atoms with E-state index in [2.05, 4.69) is 16.9 Å². The van der Waals surface area contributed by atoms with E-state index in [0.717, 1.165) is 23.3 Å². The number of hydrogen-bond donors (Lipinski definition) is 2. The lowest BCUT2D eigenvalue weighted by Crippen LogP contribution is -2.05. The molecule has 5 nitrogen and oxygen atoms in total. The lowest BCUT2D eigenvalue weighted by molar-refractivity contribution is 0.356. The van der Waals surface area contributed by atoms with E-state index in [1.54, 1.807) is 14.2 Å². The van der Waals surface area contributed by atoms with Gasteiger partial charge in [-0.2, -0.15) is 0 Å². The van der Waals surface area contributed by atoms with Crippen LogP contribution in [0.15, 0.2) is 12.1 Å². The van der Waals surface area contributed by atoms with E-state index >= 15 is 0 Å². The van der Waals surface area contributed by atoms with E-state index < -0.39 is 0 Å². The van der Waals surface area contributed by atoms with Gasteiger partial charge in [0.1, 0.15) is 5.82 Å². The molecule has 5 heteroatoms. The van der Waals surface area contributed by atoms with Crippen molar-refractivity contribution in [3.05, 3.63) is 18.0 Å². The quantitative estimate of drug-likeness (QED) is 0.850. The van der Waals surface area contributed by atoms with E-state index in [4.69, 9.17) is 15.2 Å². The molecule has 2 aromatic rings. The van der Waals surface area contributed by atoms with Gasteiger partial charge in [-0.05, 0) is 13.0 Å². The molecule has 18 heavy (non-hydrogen) atoms. The first-order valence-electron chi connectivity index (χ1n) is 6.01. The summed E-state index contributed by atoms with van der Waals surface area (Å²) in [6, 6.07) is 3.78. The number of rotatable bonds is 5. The van der Waals surface area contributed by atoms with E-state index in [1.807, 2.05) is 12.1 Å². The molecule has 0 saturated carbocycles. The van der Waals surface area contributed by atoms with Crippen LogP contribution in [0.25, 0.3) is 11.0 Å². The fraction of sp³-hybridized carbons (Fsp3) is 0.462. The molecule has 0 bridgehead atoms. The van der Waals surface area contributed by atoms with Gasteiger partial charge in [0.25, 0.3) is 0 Å². The number of imidazole rings is 1. The van der Waals surface area contributed by atoms with E-state index in [9.17, 15) is 0 Å². The standard InChI is InChI=1S/C13H19N3O2/c1-8(4-5-14)13-15-9-6-11(17-2)12(18-3)7-10(9)16-13/h6-8H,4-5,14H2,1-3H3,(H,15,16). The normalized spacial score (nSPS) is 12.7. The summed E-state index contributed by atoms with van der Waals surface area (Å²) in [4.78, 5) is 7.87. The van der Waals surface area contributed by atoms with Crippen LogP contribution >= 0.6 is 0 Å². The van der Waals surface area contributed by atoms with E-state index in [0.29, 0.717) is 24.0 Å². The van der Waals surface area contributed by atoms with Crippen molar-refractivity contribution in [3.63, 3.8) is 0 Å². The summed E-state index contributed by atoms with van der Waals surface area (Å²) in [5.74, 6) is 2.66. The molecule has 0 radical (unpaired) electrons. The van der Waals surface area contributed by atoms with E-state index in [-0.39, 0.29) is 0 Å². The number of benzene rings is 1. The second kappa shape index (κ2) is 5.27. The Morgan fingerprint density at radius 3 is 2.56 bits per heavy atom. The van der Waals surface area contributed by atoms with Gasteiger partial charge in [-0.1, -0.05) is 6.92 Å². The van der Waals surface area contributed by atoms with Crippen molar-refractivity contribution >= 4 is 11.0 Å². The molecular weight excluding hydrogens is 230 g/mol. The smallest absolute Gasteiger partial charge is 0.163 e. The second-order valence-corrected chi connectivity index (χ2v) is 4.32. The Hall–Kier alpha value is -1.75. The molecule has 98 valence electrons. The van der Waals surface area contributed by atoms with Crippen molar-refractivity contribution < 1.29 is 9.47 Å². The highest BCUT2D eigenvalue weighted by Gasteiger charge is 2.13. The van der Waals surface area contributed by atoms with Gasteiger partial charge in [0, 0.05) is 18.1 Å². The van der Waals surface area contributed by atoms with Crippen LogP contribution in [0.4, 0.5) is 0 Å². The van der Waals surface area contributed by atoms with Crippen LogP contribution in [-0.4, -0.2) is 30.7 Å². The molecule has 0 spiro atoms. The van der Waals surface area contributed by atoms with Crippen molar-refractivity contribution in [3.8, 4) is 11.5 Å². The Balaban J connectivity index is 2.44. The van der Waals surface area contributed by atoms with Crippen LogP contribution in [0.3, 0.4) is 0 Å². The first-order chi connectivity index (χ1) is 8.69. The maximum absolute atomic E-state index is 5.57. The summed E-state index contributed by atoms with van der Waals surface area (Å²) in [5.41, 5.74) is 7.40. The number of fused-ring (bicyclic) bond motifs is 1. The fourth-order valence-corrected chi connectivity index (χ4v) is 1.98. The Labute approximate surface area is 106 Å². The molecule has 1 aromatic heterocycles. The van der Waals surface area contributed by atoms with Crippen LogP contribution in [-0.2, 0) is 0 Å². The number of aromatic nitrogens is 2. The van der Waals surface area contributed by atoms with Crippen LogP contribution < -0.4 is 15.2 Å². The lowest BCUT2D eigenvalue weighted by Gasteiger charge is -2.06. The Morgan fingerprint density at radius 1 is 1.28 bits per heavy atom. The zero-order chi connectivity index (χ0) is 13.1. The van der Waals surface area contributed by atoms with Gasteiger partial charge in [-0.25, -0.2) is 4.98 Å². The average molecular weight is 249 g/mol. The summed E-state index contributed by atoms with van der Waals surface area (Å²) in [7, 11) is 3.24. The van der Waals surface area contributed by atoms with Crippen LogP contribution in [0.1, 0.15) is 25.1 Å². The molecule has 0 aliphatic rings. The number of methoxy groups -OCH3 is 2. The predicted molar refractivity (Wildman–Crippen MR) is 71.3 cm³/mol. The fourth-order valence-electron chi connectivity index (χ4n) is 1.98. The first-order valence-corrected chi connectivity index (χ1v) is 6.01. The van der Waals surface area contributed by atoms with Gasteiger partial charge in [0.05, 0.1) is 25.3 Å². The Bertz CT molecular complexity index is 495. The average Bonchev–Trinajstić information content (AvgIpc) is 2.80. The largest absolute Gasteiger partial charge is 0.493 e. The number of hydrogen-bond acceptors (Lipinski definition) is 4. The van der Waals surface area contributed by atoms with Gasteiger partial charge in [0.15, 0.2) is 11.5 Å². The molecular formula is C13H19N3O2. The molecule has 0 aliphatic heterocycles. The minimum atomic E-state index is 0.319. The van der Waals surface area contributed by atoms with Crippen LogP contribution in [0, 0.1) is 0 Å². The maximum atomic E-state index is 5.57. The maximum Gasteiger partial charge on any atom is 0.163 e. The summed E-state index contributed by atoms with van der Waals surface area (Å²) in [6.07, 6.45) is 0.911. The number of nitrogens with two attached hydrogens (primary N) is 1. The molecule has 0 amide bonds. The van der Waals surface area contributed by atoms with Crippen molar-refractivity contribution in [1.29, 1.82) is 0 Å². The molecule has 1 heterocycles. The van der Waals surface area contributed by atoms with Crippen molar-refractivity contribution in [2.24, 2.45) is 5.73 Å². The van der Waals surface area contributed by atoms with E-state index in [1.165, 1.54) is 0 Å². The number of nitrogens with zero attached hydrogens (tertiary/aromatic N) is 1. The zero-order valence-electron chi connectivity index (χ0n) is 11.0. The molecule has 1 aromatic carbocycles. The highest BCUT2D eigenvalue weighted by atomic mass is 16.5. The minimum absolute atomic E-state index is 0.319. The predicted octanol–water partition coefficient (Wildman–Crippen LogP) is 2.03. The number of aromatic amines is 1. The van der Waals surface area contributed by atoms with Gasteiger partial charge < -0.3 is 20.2 Å². The Kier molecular flexibility index (Phi) is 3.72. The zero-order valence-corrected chi connectivity index (χ0v) is 11.0. The monoisotopic (exact) mass is 249 g/mol. The van der Waals surface area contributed by atoms with Gasteiger partial charge >= 0.3 is 0 Å². The third kappa shape index (κ3) is 2.26. The number of H-pyrrole nitrogens is 1. The third-order valence-corrected chi connectivity index (χ3v) is 3.07. The molecule has 3 N–H and O–H groups in total. The first kappa shape index (κ1) is 12.7. The third-order valence-electron chi connectivity index (χ3n) is 3.07. The Morgan fingerprint density at radius 2 is 1.94 bits per heavy atom. The van der Waals surface area contributed by atoms with Crippen molar-refractivity contribution in [1.82, 2.24) is 9.97 Å². The number of ether oxygens (including phenoxy) is 2. The highest BCUT2D eigenvalue weighted by molar-refractivity contribution is 5.79. The summed E-state index contributed by atoms with van der Waals surface area (Å²) >= 11 is 0. The summed E-state index contributed by atoms with van der Waals surface area (Å²) in [6.45, 7) is 2.77. The van der Waals surface area contributed by atoms with Crippen LogP contribution in [0.2, 0.25) is 0 Å². The van der Waals surface area contributed by atoms with Gasteiger partial charge in [0.2, 0.25) is 0 Å². The van der Waals surface area contributed by atoms with Gasteiger partial charge in [-0.3, -0.25) is 0 Å². The lowest BCUT2D eigenvalue weighted by atomic mass is 10.1. The summed E-state index contributed by atoms with van der Waals surface area (Å²) in [5, 5.41) is 0. The van der Waals surface area contributed by atoms with Crippen molar-refractivity contribution in [2.45, 2.75) is 19.3 Å². The molecule has 0 aliphatic carbocycles. The molecule has 0 saturated heterocycles. The van der Waals surface area contributed by atoms with Crippen molar-refractivity contribution in [2.75, 3.05) is 20.8 Å². The molecule has 1 atom stereocenters. The topological polar surface area (TPSA) is 73.2 Å². The van der Waals surface area contributed by atoms with Crippen LogP contribution in [0.5, 0.6) is 11.5 Å². The minimum Gasteiger partial charge on any atom is -0.493 e. The second-order valence-electron chi connectivity index (χ2n) is 4.32. The molecule has 1 unspecified atom stereocenters. The molecule has 0 fully saturated rings. The summed E-state index contributed by atoms with van der Waals surface area (Å²) < 4.78 is 10.5. The number of nitrogens with one attached hydrogen (secondary N) is 1. The van der Waals surface area contributed by atoms with Gasteiger partial charge in [-0.15, -0.1) is 0 Å².